The summed E-state index contributed by atoms with van der Waals surface area (Å²) in [6.07, 6.45) is 1.05. The van der Waals surface area contributed by atoms with Gasteiger partial charge in [0.2, 0.25) is 11.8 Å². The average Bonchev–Trinajstić information content (AvgIpc) is 3.17. The third-order valence-electron chi connectivity index (χ3n) is 9.44. The maximum absolute atomic E-state index is 11.2. The molecule has 2 aliphatic rings. The van der Waals surface area contributed by atoms with Crippen molar-refractivity contribution in [1.82, 2.24) is 21.3 Å². The normalized spacial score (nSPS) is 15.8. The fourth-order valence-corrected chi connectivity index (χ4v) is 6.53. The van der Waals surface area contributed by atoms with Crippen LogP contribution in [0.4, 0.5) is 0 Å². The van der Waals surface area contributed by atoms with E-state index in [1.54, 1.807) is 40.6 Å². The second-order valence-corrected chi connectivity index (χ2v) is 13.0. The molecule has 0 bridgehead atoms. The van der Waals surface area contributed by atoms with Gasteiger partial charge in [-0.05, 0) is 22.8 Å². The molecule has 2 aliphatic heterocycles. The molecule has 0 spiro atoms. The number of β-lactam (4-membered cyclic amide) rings is 2. The molecule has 2 atom stereocenters. The van der Waals surface area contributed by atoms with Crippen molar-refractivity contribution in [3.8, 4) is 51.7 Å². The topological polar surface area (TPSA) is 161 Å². The van der Waals surface area contributed by atoms with Crippen LogP contribution in [-0.2, 0) is 35.9 Å². The van der Waals surface area contributed by atoms with Gasteiger partial charge < -0.3 is 49.7 Å². The summed E-state index contributed by atoms with van der Waals surface area (Å²) in [5.74, 6) is 3.71. The Morgan fingerprint density at radius 3 is 1.63 bits per heavy atom. The molecule has 0 saturated carbocycles. The summed E-state index contributed by atoms with van der Waals surface area (Å²) in [5.41, 5.74) is 5.49. The van der Waals surface area contributed by atoms with Crippen LogP contribution in [-0.4, -0.2) is 65.4 Å². The minimum atomic E-state index is 0.0623. The number of carbonyl (C=O) groups is 2. The van der Waals surface area contributed by atoms with Gasteiger partial charge in [-0.1, -0.05) is 36.4 Å². The summed E-state index contributed by atoms with van der Waals surface area (Å²) >= 11 is 0. The molecule has 4 aromatic rings. The number of benzene rings is 4. The number of methoxy groups -OCH3 is 4. The fourth-order valence-electron chi connectivity index (χ4n) is 6.53. The van der Waals surface area contributed by atoms with Crippen LogP contribution in [0, 0.1) is 11.3 Å². The maximum Gasteiger partial charge on any atom is 0.222 e. The molecule has 2 saturated heterocycles. The average molecular weight is 736 g/mol. The van der Waals surface area contributed by atoms with Gasteiger partial charge in [-0.2, -0.15) is 5.26 Å². The van der Waals surface area contributed by atoms with Gasteiger partial charge in [0, 0.05) is 68.8 Å². The third-order valence-corrected chi connectivity index (χ3v) is 9.44. The first-order valence-corrected chi connectivity index (χ1v) is 17.7. The van der Waals surface area contributed by atoms with Crippen LogP contribution in [0.5, 0.6) is 34.5 Å². The molecule has 2 fully saturated rings. The Kier molecular flexibility index (Phi) is 12.4. The molecule has 0 radical (unpaired) electrons. The number of hydrogen-bond donors (Lipinski definition) is 4. The predicted molar refractivity (Wildman–Crippen MR) is 201 cm³/mol. The van der Waals surface area contributed by atoms with Crippen LogP contribution in [0.2, 0.25) is 0 Å². The highest BCUT2D eigenvalue weighted by Crippen LogP contribution is 2.36. The highest BCUT2D eigenvalue weighted by atomic mass is 16.5. The number of carbonyl (C=O) groups excluding carboxylic acids is 2. The molecule has 4 N–H and O–H groups in total. The largest absolute Gasteiger partial charge is 0.496 e. The van der Waals surface area contributed by atoms with E-state index in [2.05, 4.69) is 27.3 Å². The molecule has 13 nitrogen and oxygen atoms in total. The van der Waals surface area contributed by atoms with E-state index in [1.165, 1.54) is 0 Å². The van der Waals surface area contributed by atoms with Crippen LogP contribution in [0.1, 0.15) is 40.7 Å². The van der Waals surface area contributed by atoms with Gasteiger partial charge in [-0.25, -0.2) is 0 Å². The second-order valence-electron chi connectivity index (χ2n) is 13.0. The van der Waals surface area contributed by atoms with Crippen LogP contribution < -0.4 is 49.7 Å². The minimum absolute atomic E-state index is 0.0623. The van der Waals surface area contributed by atoms with Gasteiger partial charge in [0.05, 0.1) is 57.2 Å². The minimum Gasteiger partial charge on any atom is -0.496 e. The van der Waals surface area contributed by atoms with Gasteiger partial charge in [0.15, 0.2) is 0 Å². The van der Waals surface area contributed by atoms with Crippen molar-refractivity contribution in [2.45, 2.75) is 51.2 Å². The Bertz CT molecular complexity index is 1960. The van der Waals surface area contributed by atoms with E-state index in [0.29, 0.717) is 79.1 Å². The Labute approximate surface area is 314 Å². The molecular weight excluding hydrogens is 690 g/mol. The first kappa shape index (κ1) is 37.8. The Hall–Kier alpha value is -5.97. The number of ether oxygens (including phenoxy) is 6. The van der Waals surface area contributed by atoms with Crippen molar-refractivity contribution in [3.05, 3.63) is 94.5 Å². The zero-order chi connectivity index (χ0) is 38.0. The molecule has 0 aliphatic carbocycles. The molecule has 54 heavy (non-hydrogen) atoms. The van der Waals surface area contributed by atoms with Crippen LogP contribution in [0.3, 0.4) is 0 Å². The van der Waals surface area contributed by atoms with Gasteiger partial charge in [-0.15, -0.1) is 0 Å². The molecule has 2 heterocycles. The van der Waals surface area contributed by atoms with Crippen molar-refractivity contribution >= 4 is 11.8 Å². The van der Waals surface area contributed by atoms with Gasteiger partial charge in [-0.3, -0.25) is 9.59 Å². The van der Waals surface area contributed by atoms with E-state index in [1.807, 2.05) is 54.6 Å². The lowest BCUT2D eigenvalue weighted by Crippen LogP contribution is -2.53. The highest BCUT2D eigenvalue weighted by Gasteiger charge is 2.26. The first-order valence-electron chi connectivity index (χ1n) is 17.7. The van der Waals surface area contributed by atoms with Crippen LogP contribution in [0.25, 0.3) is 11.1 Å². The van der Waals surface area contributed by atoms with E-state index < -0.39 is 0 Å². The number of nitrogens with one attached hydrogen (secondary N) is 4. The Morgan fingerprint density at radius 2 is 1.17 bits per heavy atom. The smallest absolute Gasteiger partial charge is 0.222 e. The standard InChI is InChI=1S/C41H45N5O8/c1-49-36-14-30(15-37(50-2)34(36)21-43-19-28-12-40(47)45-28)53-23-25-7-5-8-26(11-25)32-10-6-9-27(33(32)18-42)24-54-31-16-38(51-3)35(39(17-31)52-4)22-44-20-29-13-41(48)46-29/h5-11,14-17,28-29,43-44H,12-13,19-24H2,1-4H3,(H,45,47)(H,46,48). The zero-order valence-electron chi connectivity index (χ0n) is 30.9. The first-order chi connectivity index (χ1) is 26.3. The quantitative estimate of drug-likeness (QED) is 0.101. The monoisotopic (exact) mass is 735 g/mol. The number of nitrogens with zero attached hydrogens (tertiary/aromatic N) is 1. The summed E-state index contributed by atoms with van der Waals surface area (Å²) in [5, 5.41) is 22.7. The number of nitriles is 1. The lowest BCUT2D eigenvalue weighted by Gasteiger charge is -2.27. The van der Waals surface area contributed by atoms with E-state index >= 15 is 0 Å². The van der Waals surface area contributed by atoms with Crippen molar-refractivity contribution in [3.63, 3.8) is 0 Å². The summed E-state index contributed by atoms with van der Waals surface area (Å²) in [6, 6.07) is 23.5. The van der Waals surface area contributed by atoms with E-state index in [9.17, 15) is 14.9 Å². The second kappa shape index (κ2) is 17.7. The summed E-state index contributed by atoms with van der Waals surface area (Å²) < 4.78 is 35.1. The zero-order valence-corrected chi connectivity index (χ0v) is 30.9. The van der Waals surface area contributed by atoms with E-state index in [-0.39, 0.29) is 37.1 Å². The Morgan fingerprint density at radius 1 is 0.685 bits per heavy atom. The molecular formula is C41H45N5O8. The number of rotatable bonds is 19. The molecule has 282 valence electrons. The molecule has 2 amide bonds. The summed E-state index contributed by atoms with van der Waals surface area (Å²) in [6.45, 7) is 2.70. The third kappa shape index (κ3) is 8.97. The number of hydrogen-bond acceptors (Lipinski definition) is 11. The lowest BCUT2D eigenvalue weighted by atomic mass is 9.95. The van der Waals surface area contributed by atoms with Gasteiger partial charge >= 0.3 is 0 Å². The Balaban J connectivity index is 1.11. The molecule has 2 unspecified atom stereocenters. The molecule has 4 aromatic carbocycles. The van der Waals surface area contributed by atoms with Crippen LogP contribution in [0.15, 0.2) is 66.7 Å². The summed E-state index contributed by atoms with van der Waals surface area (Å²) in [7, 11) is 6.39. The van der Waals surface area contributed by atoms with Crippen molar-refractivity contribution in [2.75, 3.05) is 41.5 Å². The fraction of sp³-hybridized carbons (Fsp3) is 0.341. The highest BCUT2D eigenvalue weighted by molar-refractivity contribution is 5.83. The molecule has 13 heteroatoms. The van der Waals surface area contributed by atoms with E-state index in [0.717, 1.165) is 33.4 Å². The molecule has 6 rings (SSSR count). The van der Waals surface area contributed by atoms with Gasteiger partial charge in [0.25, 0.3) is 0 Å². The number of amides is 2. The SMILES string of the molecule is COc1cc(OCc2cccc(-c3cccc(COc4cc(OC)c(CNCC5CC(=O)N5)c(OC)c4)c3C#N)c2)cc(OC)c1CNCC1CC(=O)N1. The maximum atomic E-state index is 11.2. The van der Waals surface area contributed by atoms with Gasteiger partial charge in [0.1, 0.15) is 53.8 Å². The van der Waals surface area contributed by atoms with Crippen molar-refractivity contribution < 1.29 is 38.0 Å². The van der Waals surface area contributed by atoms with E-state index in [4.69, 9.17) is 28.4 Å². The van der Waals surface area contributed by atoms with Crippen molar-refractivity contribution in [1.29, 1.82) is 5.26 Å². The lowest BCUT2D eigenvalue weighted by molar-refractivity contribution is -0.128. The summed E-state index contributed by atoms with van der Waals surface area (Å²) in [4.78, 5) is 22.4. The van der Waals surface area contributed by atoms with Crippen LogP contribution >= 0.6 is 0 Å². The predicted octanol–water partition coefficient (Wildman–Crippen LogP) is 4.37. The van der Waals surface area contributed by atoms with Crippen molar-refractivity contribution in [2.24, 2.45) is 0 Å². The molecule has 0 aromatic heterocycles.